The van der Waals surface area contributed by atoms with Gasteiger partial charge in [0, 0.05) is 5.39 Å². The lowest BCUT2D eigenvalue weighted by atomic mass is 10.2. The van der Waals surface area contributed by atoms with Crippen molar-refractivity contribution in [2.75, 3.05) is 12.3 Å². The predicted molar refractivity (Wildman–Crippen MR) is 62.7 cm³/mol. The lowest BCUT2D eigenvalue weighted by Gasteiger charge is -2.03. The summed E-state index contributed by atoms with van der Waals surface area (Å²) in [5.41, 5.74) is 5.28. The molecule has 6 nitrogen and oxygen atoms in total. The van der Waals surface area contributed by atoms with Crippen LogP contribution in [0.15, 0.2) is 23.0 Å². The zero-order chi connectivity index (χ0) is 12.4. The Morgan fingerprint density at radius 1 is 1.53 bits per heavy atom. The third-order valence-corrected chi connectivity index (χ3v) is 2.22. The average Bonchev–Trinajstić information content (AvgIpc) is 2.28. The smallest absolute Gasteiger partial charge is 0.343 e. The summed E-state index contributed by atoms with van der Waals surface area (Å²) in [4.78, 5) is 29.6. The Balaban J connectivity index is 2.60. The number of aromatic amines is 1. The molecule has 17 heavy (non-hydrogen) atoms. The lowest BCUT2D eigenvalue weighted by molar-refractivity contribution is 0.0524. The van der Waals surface area contributed by atoms with Crippen LogP contribution >= 0.6 is 0 Å². The monoisotopic (exact) mass is 233 g/mol. The van der Waals surface area contributed by atoms with Crippen LogP contribution in [0.1, 0.15) is 17.3 Å². The highest BCUT2D eigenvalue weighted by Gasteiger charge is 2.13. The van der Waals surface area contributed by atoms with E-state index in [-0.39, 0.29) is 12.2 Å². The Kier molecular flexibility index (Phi) is 2.78. The van der Waals surface area contributed by atoms with E-state index >= 15 is 0 Å². The quantitative estimate of drug-likeness (QED) is 0.743. The zero-order valence-electron chi connectivity index (χ0n) is 9.19. The number of H-pyrrole nitrogens is 1. The number of esters is 1. The molecule has 0 amide bonds. The summed E-state index contributed by atoms with van der Waals surface area (Å²) in [5.74, 6) is -0.343. The molecule has 0 aliphatic rings. The first-order chi connectivity index (χ1) is 8.11. The maximum atomic E-state index is 11.6. The van der Waals surface area contributed by atoms with E-state index < -0.39 is 11.5 Å². The molecule has 0 unspecified atom stereocenters. The van der Waals surface area contributed by atoms with Gasteiger partial charge in [0.2, 0.25) is 0 Å². The fourth-order valence-electron chi connectivity index (χ4n) is 1.46. The fourth-order valence-corrected chi connectivity index (χ4v) is 1.46. The molecule has 2 aromatic heterocycles. The molecule has 0 atom stereocenters. The second kappa shape index (κ2) is 4.25. The van der Waals surface area contributed by atoms with E-state index in [2.05, 4.69) is 9.97 Å². The number of rotatable bonds is 2. The number of anilines is 1. The maximum absolute atomic E-state index is 11.6. The molecule has 0 aromatic carbocycles. The number of nitrogens with zero attached hydrogens (tertiary/aromatic N) is 1. The summed E-state index contributed by atoms with van der Waals surface area (Å²) in [6, 6.07) is 4.71. The van der Waals surface area contributed by atoms with Crippen molar-refractivity contribution in [2.45, 2.75) is 6.92 Å². The molecular formula is C11H11N3O3. The van der Waals surface area contributed by atoms with Gasteiger partial charge in [-0.05, 0) is 25.1 Å². The molecule has 0 aliphatic carbocycles. The van der Waals surface area contributed by atoms with E-state index in [4.69, 9.17) is 10.5 Å². The molecule has 2 aromatic rings. The van der Waals surface area contributed by atoms with Crippen LogP contribution < -0.4 is 11.3 Å². The Morgan fingerprint density at radius 2 is 2.29 bits per heavy atom. The van der Waals surface area contributed by atoms with Gasteiger partial charge in [0.25, 0.3) is 5.56 Å². The van der Waals surface area contributed by atoms with Crippen LogP contribution in [0.4, 0.5) is 5.82 Å². The molecule has 0 radical (unpaired) electrons. The summed E-state index contributed by atoms with van der Waals surface area (Å²) in [7, 11) is 0. The van der Waals surface area contributed by atoms with Crippen molar-refractivity contribution in [2.24, 2.45) is 0 Å². The van der Waals surface area contributed by atoms with Gasteiger partial charge >= 0.3 is 5.97 Å². The third kappa shape index (κ3) is 2.10. The average molecular weight is 233 g/mol. The van der Waals surface area contributed by atoms with E-state index in [1.807, 2.05) is 0 Å². The number of ether oxygens (including phenoxy) is 1. The number of fused-ring (bicyclic) bond motifs is 1. The molecule has 0 saturated heterocycles. The molecule has 2 rings (SSSR count). The van der Waals surface area contributed by atoms with Gasteiger partial charge in [-0.1, -0.05) is 0 Å². The number of nitrogens with two attached hydrogens (primary N) is 1. The number of hydrogen-bond donors (Lipinski definition) is 2. The van der Waals surface area contributed by atoms with Gasteiger partial charge in [0.05, 0.1) is 6.61 Å². The molecule has 3 N–H and O–H groups in total. The van der Waals surface area contributed by atoms with Crippen molar-refractivity contribution in [3.8, 4) is 0 Å². The summed E-state index contributed by atoms with van der Waals surface area (Å²) in [6.45, 7) is 1.89. The summed E-state index contributed by atoms with van der Waals surface area (Å²) in [5, 5.41) is 0.627. The van der Waals surface area contributed by atoms with Gasteiger partial charge in [0.1, 0.15) is 17.0 Å². The van der Waals surface area contributed by atoms with Gasteiger partial charge in [-0.3, -0.25) is 4.79 Å². The number of carbonyl (C=O) groups excluding carboxylic acids is 1. The van der Waals surface area contributed by atoms with Crippen LogP contribution in [0.5, 0.6) is 0 Å². The molecule has 0 spiro atoms. The van der Waals surface area contributed by atoms with Gasteiger partial charge in [-0.15, -0.1) is 0 Å². The van der Waals surface area contributed by atoms with Crippen molar-refractivity contribution in [3.63, 3.8) is 0 Å². The highest BCUT2D eigenvalue weighted by Crippen LogP contribution is 2.11. The molecule has 0 fully saturated rings. The first-order valence-electron chi connectivity index (χ1n) is 5.08. The van der Waals surface area contributed by atoms with E-state index in [0.29, 0.717) is 16.9 Å². The van der Waals surface area contributed by atoms with E-state index in [1.54, 1.807) is 19.1 Å². The molecule has 6 heteroatoms. The van der Waals surface area contributed by atoms with Crippen molar-refractivity contribution in [1.82, 2.24) is 9.97 Å². The SMILES string of the molecule is CCOC(=O)c1cc2ccc(N)nc2[nH]c1=O. The van der Waals surface area contributed by atoms with Crippen LogP contribution in [-0.4, -0.2) is 22.5 Å². The standard InChI is InChI=1S/C11H11N3O3/c1-2-17-11(16)7-5-6-3-4-8(12)13-9(6)14-10(7)15/h3-5H,2H2,1H3,(H3,12,13,14,15). The van der Waals surface area contributed by atoms with Gasteiger partial charge in [0.15, 0.2) is 0 Å². The first-order valence-corrected chi connectivity index (χ1v) is 5.08. The molecule has 0 aliphatic heterocycles. The van der Waals surface area contributed by atoms with Crippen LogP contribution in [-0.2, 0) is 4.74 Å². The van der Waals surface area contributed by atoms with Crippen molar-refractivity contribution >= 4 is 22.8 Å². The van der Waals surface area contributed by atoms with Crippen molar-refractivity contribution in [3.05, 3.63) is 34.1 Å². The Labute approximate surface area is 96.4 Å². The van der Waals surface area contributed by atoms with Gasteiger partial charge < -0.3 is 15.5 Å². The fraction of sp³-hybridized carbons (Fsp3) is 0.182. The zero-order valence-corrected chi connectivity index (χ0v) is 9.19. The molecule has 0 saturated carbocycles. The maximum Gasteiger partial charge on any atom is 0.343 e. The summed E-state index contributed by atoms with van der Waals surface area (Å²) >= 11 is 0. The topological polar surface area (TPSA) is 98.1 Å². The van der Waals surface area contributed by atoms with Crippen molar-refractivity contribution in [1.29, 1.82) is 0 Å². The Hall–Kier alpha value is -2.37. The predicted octanol–water partition coefficient (Wildman–Crippen LogP) is 0.682. The number of hydrogen-bond acceptors (Lipinski definition) is 5. The second-order valence-electron chi connectivity index (χ2n) is 3.41. The normalized spacial score (nSPS) is 10.4. The number of carbonyl (C=O) groups is 1. The lowest BCUT2D eigenvalue weighted by Crippen LogP contribution is -2.19. The number of aromatic nitrogens is 2. The minimum atomic E-state index is -0.646. The number of nitrogens with one attached hydrogen (secondary N) is 1. The van der Waals surface area contributed by atoms with Gasteiger partial charge in [-0.2, -0.15) is 0 Å². The molecule has 88 valence electrons. The highest BCUT2D eigenvalue weighted by atomic mass is 16.5. The highest BCUT2D eigenvalue weighted by molar-refractivity contribution is 5.93. The molecule has 2 heterocycles. The van der Waals surface area contributed by atoms with Crippen LogP contribution in [0, 0.1) is 0 Å². The largest absolute Gasteiger partial charge is 0.462 e. The van der Waals surface area contributed by atoms with Crippen LogP contribution in [0.2, 0.25) is 0 Å². The minimum absolute atomic E-state index is 0.0362. The van der Waals surface area contributed by atoms with Gasteiger partial charge in [-0.25, -0.2) is 9.78 Å². The summed E-state index contributed by atoms with van der Waals surface area (Å²) < 4.78 is 4.78. The van der Waals surface area contributed by atoms with E-state index in [1.165, 1.54) is 6.07 Å². The Bertz CT molecular complexity index is 633. The number of pyridine rings is 2. The van der Waals surface area contributed by atoms with Crippen LogP contribution in [0.3, 0.4) is 0 Å². The minimum Gasteiger partial charge on any atom is -0.462 e. The second-order valence-corrected chi connectivity index (χ2v) is 3.41. The molecule has 0 bridgehead atoms. The van der Waals surface area contributed by atoms with Crippen molar-refractivity contribution < 1.29 is 9.53 Å². The third-order valence-electron chi connectivity index (χ3n) is 2.22. The Morgan fingerprint density at radius 3 is 3.00 bits per heavy atom. The molecular weight excluding hydrogens is 222 g/mol. The first kappa shape index (κ1) is 11.1. The van der Waals surface area contributed by atoms with Crippen LogP contribution in [0.25, 0.3) is 11.0 Å². The van der Waals surface area contributed by atoms with E-state index in [9.17, 15) is 9.59 Å². The summed E-state index contributed by atoms with van der Waals surface area (Å²) in [6.07, 6.45) is 0. The number of nitrogen functional groups attached to an aromatic ring is 1. The van der Waals surface area contributed by atoms with E-state index in [0.717, 1.165) is 0 Å².